The number of nitrogens with zero attached hydrogens (tertiary/aromatic N) is 4. The Hall–Kier alpha value is -3.96. The molecule has 3 amide bonds. The SMILES string of the molecule is Cc1noc(C)c1NC(=O)N(CCCN1CCOCC1)Cc1ccc(C(=O)Nc2ccccc2N)nc1. The molecule has 4 rings (SSSR count). The summed E-state index contributed by atoms with van der Waals surface area (Å²) in [5.41, 5.74) is 9.17. The first-order valence-corrected chi connectivity index (χ1v) is 12.3. The second-order valence-corrected chi connectivity index (χ2v) is 8.95. The zero-order chi connectivity index (χ0) is 26.2. The van der Waals surface area contributed by atoms with Crippen LogP contribution in [0.1, 0.15) is 33.9 Å². The molecule has 0 spiro atoms. The summed E-state index contributed by atoms with van der Waals surface area (Å²) in [5, 5.41) is 9.62. The summed E-state index contributed by atoms with van der Waals surface area (Å²) in [6.07, 6.45) is 2.42. The average Bonchev–Trinajstić information content (AvgIpc) is 3.22. The lowest BCUT2D eigenvalue weighted by molar-refractivity contribution is 0.0365. The van der Waals surface area contributed by atoms with Crippen molar-refractivity contribution in [2.45, 2.75) is 26.8 Å². The number of nitrogens with one attached hydrogen (secondary N) is 2. The molecule has 11 heteroatoms. The Labute approximate surface area is 215 Å². The number of hydrogen-bond donors (Lipinski definition) is 3. The van der Waals surface area contributed by atoms with Crippen LogP contribution < -0.4 is 16.4 Å². The summed E-state index contributed by atoms with van der Waals surface area (Å²) in [5.74, 6) is 0.193. The van der Waals surface area contributed by atoms with Crippen LogP contribution in [0.15, 0.2) is 47.1 Å². The minimum Gasteiger partial charge on any atom is -0.397 e. The van der Waals surface area contributed by atoms with Crippen LogP contribution in [-0.4, -0.2) is 71.3 Å². The molecular formula is C26H33N7O4. The molecule has 0 aliphatic carbocycles. The largest absolute Gasteiger partial charge is 0.397 e. The number of carbonyl (C=O) groups excluding carboxylic acids is 2. The van der Waals surface area contributed by atoms with Crippen molar-refractivity contribution in [3.05, 3.63) is 65.3 Å². The minimum atomic E-state index is -0.358. The van der Waals surface area contributed by atoms with Crippen molar-refractivity contribution >= 4 is 29.0 Å². The van der Waals surface area contributed by atoms with E-state index < -0.39 is 0 Å². The lowest BCUT2D eigenvalue weighted by Crippen LogP contribution is -2.40. The highest BCUT2D eigenvalue weighted by Gasteiger charge is 2.20. The van der Waals surface area contributed by atoms with E-state index in [2.05, 4.69) is 25.7 Å². The van der Waals surface area contributed by atoms with Gasteiger partial charge in [0.1, 0.15) is 17.1 Å². The second kappa shape index (κ2) is 12.3. The van der Waals surface area contributed by atoms with Gasteiger partial charge < -0.3 is 30.5 Å². The molecule has 1 aliphatic heterocycles. The number of aryl methyl sites for hydroxylation is 2. The molecule has 1 fully saturated rings. The number of rotatable bonds is 9. The number of pyridine rings is 1. The van der Waals surface area contributed by atoms with E-state index in [1.54, 1.807) is 61.3 Å². The van der Waals surface area contributed by atoms with Gasteiger partial charge in [-0.15, -0.1) is 0 Å². The lowest BCUT2D eigenvalue weighted by atomic mass is 10.2. The molecule has 0 bridgehead atoms. The molecule has 3 heterocycles. The van der Waals surface area contributed by atoms with E-state index in [-0.39, 0.29) is 17.6 Å². The number of para-hydroxylation sites is 2. The zero-order valence-corrected chi connectivity index (χ0v) is 21.2. The van der Waals surface area contributed by atoms with E-state index in [1.807, 2.05) is 0 Å². The third-order valence-electron chi connectivity index (χ3n) is 6.20. The van der Waals surface area contributed by atoms with Crippen LogP contribution in [0.5, 0.6) is 0 Å². The van der Waals surface area contributed by atoms with Crippen LogP contribution >= 0.6 is 0 Å². The van der Waals surface area contributed by atoms with Crippen molar-refractivity contribution in [2.75, 3.05) is 55.8 Å². The van der Waals surface area contributed by atoms with Gasteiger partial charge in [-0.05, 0) is 44.0 Å². The van der Waals surface area contributed by atoms with Gasteiger partial charge in [-0.2, -0.15) is 0 Å². The monoisotopic (exact) mass is 507 g/mol. The predicted molar refractivity (Wildman–Crippen MR) is 140 cm³/mol. The van der Waals surface area contributed by atoms with Gasteiger partial charge in [-0.3, -0.25) is 14.7 Å². The number of carbonyl (C=O) groups is 2. The maximum Gasteiger partial charge on any atom is 0.322 e. The average molecular weight is 508 g/mol. The maximum atomic E-state index is 13.2. The van der Waals surface area contributed by atoms with Crippen molar-refractivity contribution in [2.24, 2.45) is 0 Å². The summed E-state index contributed by atoms with van der Waals surface area (Å²) in [6, 6.07) is 10.2. The minimum absolute atomic E-state index is 0.252. The Morgan fingerprint density at radius 1 is 1.11 bits per heavy atom. The van der Waals surface area contributed by atoms with E-state index in [4.69, 9.17) is 15.0 Å². The number of hydrogen-bond acceptors (Lipinski definition) is 8. The molecular weight excluding hydrogens is 474 g/mol. The zero-order valence-electron chi connectivity index (χ0n) is 21.2. The van der Waals surface area contributed by atoms with Crippen molar-refractivity contribution in [1.82, 2.24) is 19.9 Å². The number of nitrogen functional groups attached to an aromatic ring is 1. The topological polar surface area (TPSA) is 139 Å². The first kappa shape index (κ1) is 26.1. The van der Waals surface area contributed by atoms with Gasteiger partial charge in [0.15, 0.2) is 5.76 Å². The Morgan fingerprint density at radius 3 is 2.57 bits per heavy atom. The van der Waals surface area contributed by atoms with Gasteiger partial charge in [-0.1, -0.05) is 23.4 Å². The first-order valence-electron chi connectivity index (χ1n) is 12.3. The van der Waals surface area contributed by atoms with Crippen LogP contribution in [0.25, 0.3) is 0 Å². The number of aromatic nitrogens is 2. The van der Waals surface area contributed by atoms with Crippen LogP contribution in [0.4, 0.5) is 21.9 Å². The molecule has 0 radical (unpaired) electrons. The van der Waals surface area contributed by atoms with Gasteiger partial charge in [0.2, 0.25) is 0 Å². The van der Waals surface area contributed by atoms with Crippen LogP contribution in [0.3, 0.4) is 0 Å². The van der Waals surface area contributed by atoms with Crippen LogP contribution in [0.2, 0.25) is 0 Å². The summed E-state index contributed by atoms with van der Waals surface area (Å²) in [7, 11) is 0. The molecule has 0 saturated carbocycles. The van der Waals surface area contributed by atoms with Crippen LogP contribution in [-0.2, 0) is 11.3 Å². The number of morpholine rings is 1. The second-order valence-electron chi connectivity index (χ2n) is 8.95. The van der Waals surface area contributed by atoms with E-state index in [0.717, 1.165) is 44.8 Å². The fourth-order valence-electron chi connectivity index (χ4n) is 4.08. The number of amides is 3. The molecule has 196 valence electrons. The molecule has 4 N–H and O–H groups in total. The normalized spacial score (nSPS) is 13.8. The molecule has 0 unspecified atom stereocenters. The molecule has 1 aliphatic rings. The molecule has 37 heavy (non-hydrogen) atoms. The molecule has 0 atom stereocenters. The van der Waals surface area contributed by atoms with Gasteiger partial charge in [0.05, 0.1) is 24.6 Å². The molecule has 3 aromatic rings. The highest BCUT2D eigenvalue weighted by Crippen LogP contribution is 2.20. The third kappa shape index (κ3) is 7.05. The van der Waals surface area contributed by atoms with Gasteiger partial charge >= 0.3 is 6.03 Å². The highest BCUT2D eigenvalue weighted by molar-refractivity contribution is 6.04. The smallest absolute Gasteiger partial charge is 0.322 e. The van der Waals surface area contributed by atoms with E-state index in [0.29, 0.717) is 41.6 Å². The molecule has 1 aromatic carbocycles. The molecule has 2 aromatic heterocycles. The van der Waals surface area contributed by atoms with Gasteiger partial charge in [0.25, 0.3) is 5.91 Å². The third-order valence-corrected chi connectivity index (χ3v) is 6.20. The highest BCUT2D eigenvalue weighted by atomic mass is 16.5. The Kier molecular flexibility index (Phi) is 8.70. The summed E-state index contributed by atoms with van der Waals surface area (Å²) < 4.78 is 10.6. The summed E-state index contributed by atoms with van der Waals surface area (Å²) >= 11 is 0. The van der Waals surface area contributed by atoms with Crippen molar-refractivity contribution < 1.29 is 18.8 Å². The predicted octanol–water partition coefficient (Wildman–Crippen LogP) is 3.28. The van der Waals surface area contributed by atoms with Gasteiger partial charge in [-0.25, -0.2) is 4.79 Å². The van der Waals surface area contributed by atoms with Crippen molar-refractivity contribution in [1.29, 1.82) is 0 Å². The Bertz CT molecular complexity index is 1190. The number of anilines is 3. The van der Waals surface area contributed by atoms with E-state index in [9.17, 15) is 9.59 Å². The molecule has 11 nitrogen and oxygen atoms in total. The number of nitrogens with two attached hydrogens (primary N) is 1. The number of urea groups is 1. The van der Waals surface area contributed by atoms with Crippen LogP contribution in [0, 0.1) is 13.8 Å². The molecule has 1 saturated heterocycles. The quantitative estimate of drug-likeness (QED) is 0.375. The first-order chi connectivity index (χ1) is 17.9. The Balaban J connectivity index is 1.41. The summed E-state index contributed by atoms with van der Waals surface area (Å²) in [6.45, 7) is 8.55. The maximum absolute atomic E-state index is 13.2. The number of ether oxygens (including phenoxy) is 1. The van der Waals surface area contributed by atoms with E-state index >= 15 is 0 Å². The summed E-state index contributed by atoms with van der Waals surface area (Å²) in [4.78, 5) is 34.2. The van der Waals surface area contributed by atoms with Crippen molar-refractivity contribution in [3.8, 4) is 0 Å². The fraction of sp³-hybridized carbons (Fsp3) is 0.385. The lowest BCUT2D eigenvalue weighted by Gasteiger charge is -2.28. The number of benzene rings is 1. The van der Waals surface area contributed by atoms with Gasteiger partial charge in [0, 0.05) is 38.9 Å². The fourth-order valence-corrected chi connectivity index (χ4v) is 4.08. The van der Waals surface area contributed by atoms with E-state index in [1.165, 1.54) is 0 Å². The Morgan fingerprint density at radius 2 is 1.89 bits per heavy atom. The van der Waals surface area contributed by atoms with Crippen molar-refractivity contribution in [3.63, 3.8) is 0 Å². The standard InChI is InChI=1S/C26H33N7O4/c1-18-24(19(2)37-31-18)30-26(35)33(11-5-10-32-12-14-36-15-13-32)17-20-8-9-23(28-16-20)25(34)29-22-7-4-3-6-21(22)27/h3-4,6-9,16H,5,10-15,17,27H2,1-2H3,(H,29,34)(H,30,35).